The quantitative estimate of drug-likeness (QED) is 0.905. The summed E-state index contributed by atoms with van der Waals surface area (Å²) in [4.78, 5) is 2.29. The molecule has 2 unspecified atom stereocenters. The molecule has 1 heterocycles. The van der Waals surface area contributed by atoms with Gasteiger partial charge in [0.05, 0.1) is 4.90 Å². The predicted molar refractivity (Wildman–Crippen MR) is 93.2 cm³/mol. The van der Waals surface area contributed by atoms with Crippen molar-refractivity contribution < 1.29 is 8.42 Å². The molecular weight excluding hydrogens is 322 g/mol. The maximum absolute atomic E-state index is 12.8. The lowest BCUT2D eigenvalue weighted by molar-refractivity contribution is 0.227. The molecule has 22 heavy (non-hydrogen) atoms. The van der Waals surface area contributed by atoms with E-state index in [1.807, 2.05) is 38.1 Å². The number of sulfonamides is 1. The van der Waals surface area contributed by atoms with Gasteiger partial charge in [-0.15, -0.1) is 12.4 Å². The van der Waals surface area contributed by atoms with Gasteiger partial charge in [0.1, 0.15) is 0 Å². The summed E-state index contributed by atoms with van der Waals surface area (Å²) in [6, 6.07) is 6.77. The number of hydrogen-bond donors (Lipinski definition) is 1. The normalized spacial score (nSPS) is 21.0. The molecule has 2 atom stereocenters. The second kappa shape index (κ2) is 7.64. The van der Waals surface area contributed by atoms with E-state index in [0.717, 1.165) is 24.9 Å². The second-order valence-corrected chi connectivity index (χ2v) is 7.82. The van der Waals surface area contributed by atoms with Crippen LogP contribution in [-0.4, -0.2) is 45.4 Å². The van der Waals surface area contributed by atoms with Crippen LogP contribution in [0.4, 0.5) is 5.69 Å². The van der Waals surface area contributed by atoms with E-state index in [1.54, 1.807) is 16.4 Å². The molecule has 0 aromatic heterocycles. The molecule has 0 bridgehead atoms. The topological polar surface area (TPSA) is 66.6 Å². The van der Waals surface area contributed by atoms with Gasteiger partial charge < -0.3 is 10.6 Å². The predicted octanol–water partition coefficient (Wildman–Crippen LogP) is 2.06. The van der Waals surface area contributed by atoms with Crippen LogP contribution in [0.25, 0.3) is 0 Å². The molecule has 0 radical (unpaired) electrons. The third-order valence-electron chi connectivity index (χ3n) is 4.06. The van der Waals surface area contributed by atoms with Crippen molar-refractivity contribution >= 4 is 28.1 Å². The van der Waals surface area contributed by atoms with Crippen molar-refractivity contribution in [3.8, 4) is 0 Å². The van der Waals surface area contributed by atoms with Crippen LogP contribution >= 0.6 is 12.4 Å². The highest BCUT2D eigenvalue weighted by Gasteiger charge is 2.35. The fraction of sp³-hybridized carbons (Fsp3) is 0.600. The summed E-state index contributed by atoms with van der Waals surface area (Å²) in [6.45, 7) is 2.44. The monoisotopic (exact) mass is 347 g/mol. The van der Waals surface area contributed by atoms with Gasteiger partial charge in [0, 0.05) is 38.4 Å². The Labute approximate surface area is 139 Å². The average Bonchev–Trinajstić information content (AvgIpc) is 2.47. The lowest BCUT2D eigenvalue weighted by Gasteiger charge is -2.36. The number of nitrogens with zero attached hydrogens (tertiary/aromatic N) is 2. The Morgan fingerprint density at radius 2 is 1.82 bits per heavy atom. The maximum atomic E-state index is 12.8. The summed E-state index contributed by atoms with van der Waals surface area (Å²) in [7, 11) is 0.398. The van der Waals surface area contributed by atoms with Gasteiger partial charge in [-0.1, -0.05) is 6.42 Å². The van der Waals surface area contributed by atoms with Crippen LogP contribution in [-0.2, 0) is 10.0 Å². The largest absolute Gasteiger partial charge is 0.378 e. The minimum Gasteiger partial charge on any atom is -0.378 e. The van der Waals surface area contributed by atoms with Gasteiger partial charge in [-0.3, -0.25) is 0 Å². The molecule has 0 aliphatic carbocycles. The Hall–Kier alpha value is -0.820. The first kappa shape index (κ1) is 19.2. The third kappa shape index (κ3) is 3.93. The van der Waals surface area contributed by atoms with E-state index < -0.39 is 10.0 Å². The number of halogens is 1. The smallest absolute Gasteiger partial charge is 0.243 e. The minimum atomic E-state index is -3.46. The number of benzene rings is 1. The van der Waals surface area contributed by atoms with E-state index in [1.165, 1.54) is 0 Å². The maximum Gasteiger partial charge on any atom is 0.243 e. The zero-order valence-electron chi connectivity index (χ0n) is 13.4. The molecule has 1 aromatic carbocycles. The molecule has 1 fully saturated rings. The molecule has 1 aliphatic rings. The van der Waals surface area contributed by atoms with Gasteiger partial charge in [0.15, 0.2) is 0 Å². The van der Waals surface area contributed by atoms with Crippen molar-refractivity contribution in [1.82, 2.24) is 4.31 Å². The summed E-state index contributed by atoms with van der Waals surface area (Å²) < 4.78 is 27.3. The van der Waals surface area contributed by atoms with E-state index in [-0.39, 0.29) is 24.5 Å². The van der Waals surface area contributed by atoms with Crippen LogP contribution in [0.5, 0.6) is 0 Å². The lowest BCUT2D eigenvalue weighted by atomic mass is 10.00. The SMILES string of the molecule is CC(N)C1CCCCN1S(=O)(=O)c1ccc(N(C)C)cc1.Cl. The molecule has 0 saturated carbocycles. The molecule has 2 rings (SSSR count). The fourth-order valence-electron chi connectivity index (χ4n) is 2.81. The van der Waals surface area contributed by atoms with E-state index in [4.69, 9.17) is 5.73 Å². The van der Waals surface area contributed by atoms with Crippen molar-refractivity contribution in [3.05, 3.63) is 24.3 Å². The summed E-state index contributed by atoms with van der Waals surface area (Å²) >= 11 is 0. The van der Waals surface area contributed by atoms with Crippen LogP contribution < -0.4 is 10.6 Å². The van der Waals surface area contributed by atoms with Crippen LogP contribution in [0.3, 0.4) is 0 Å². The van der Waals surface area contributed by atoms with Crippen molar-refractivity contribution in [1.29, 1.82) is 0 Å². The summed E-state index contributed by atoms with van der Waals surface area (Å²) in [5, 5.41) is 0. The highest BCUT2D eigenvalue weighted by Crippen LogP contribution is 2.27. The minimum absolute atomic E-state index is 0. The van der Waals surface area contributed by atoms with Crippen molar-refractivity contribution in [3.63, 3.8) is 0 Å². The first-order chi connectivity index (χ1) is 9.84. The molecule has 5 nitrogen and oxygen atoms in total. The molecule has 0 amide bonds. The number of piperidine rings is 1. The van der Waals surface area contributed by atoms with Crippen molar-refractivity contribution in [2.75, 3.05) is 25.5 Å². The van der Waals surface area contributed by atoms with Gasteiger partial charge in [0.25, 0.3) is 0 Å². The highest BCUT2D eigenvalue weighted by atomic mass is 35.5. The number of anilines is 1. The van der Waals surface area contributed by atoms with E-state index in [0.29, 0.717) is 11.4 Å². The second-order valence-electron chi connectivity index (χ2n) is 5.93. The molecule has 0 spiro atoms. The van der Waals surface area contributed by atoms with Gasteiger partial charge in [-0.25, -0.2) is 8.42 Å². The van der Waals surface area contributed by atoms with Gasteiger partial charge in [-0.2, -0.15) is 4.31 Å². The Kier molecular flexibility index (Phi) is 6.67. The zero-order chi connectivity index (χ0) is 15.6. The molecule has 7 heteroatoms. The van der Waals surface area contributed by atoms with Gasteiger partial charge in [-0.05, 0) is 44.0 Å². The Morgan fingerprint density at radius 3 is 2.32 bits per heavy atom. The van der Waals surface area contributed by atoms with Gasteiger partial charge in [0.2, 0.25) is 10.0 Å². The Morgan fingerprint density at radius 1 is 1.23 bits per heavy atom. The Bertz CT molecular complexity index is 573. The molecule has 1 aromatic rings. The Balaban J connectivity index is 0.00000242. The standard InChI is InChI=1S/C15H25N3O2S.ClH/c1-12(16)15-6-4-5-11-18(15)21(19,20)14-9-7-13(8-10-14)17(2)3;/h7-10,12,15H,4-6,11,16H2,1-3H3;1H. The number of hydrogen-bond acceptors (Lipinski definition) is 4. The van der Waals surface area contributed by atoms with Gasteiger partial charge >= 0.3 is 0 Å². The first-order valence-corrected chi connectivity index (χ1v) is 8.83. The molecule has 1 saturated heterocycles. The number of nitrogens with two attached hydrogens (primary N) is 1. The van der Waals surface area contributed by atoms with Crippen LogP contribution in [0, 0.1) is 0 Å². The number of rotatable bonds is 4. The lowest BCUT2D eigenvalue weighted by Crippen LogP contribution is -2.51. The first-order valence-electron chi connectivity index (χ1n) is 7.39. The summed E-state index contributed by atoms with van der Waals surface area (Å²) in [6.07, 6.45) is 2.78. The summed E-state index contributed by atoms with van der Waals surface area (Å²) in [5.41, 5.74) is 6.97. The molecule has 126 valence electrons. The molecule has 2 N–H and O–H groups in total. The van der Waals surface area contributed by atoms with E-state index >= 15 is 0 Å². The van der Waals surface area contributed by atoms with E-state index in [9.17, 15) is 8.42 Å². The van der Waals surface area contributed by atoms with E-state index in [2.05, 4.69) is 0 Å². The third-order valence-corrected chi connectivity index (χ3v) is 6.00. The average molecular weight is 348 g/mol. The van der Waals surface area contributed by atoms with Crippen LogP contribution in [0.2, 0.25) is 0 Å². The van der Waals surface area contributed by atoms with Crippen molar-refractivity contribution in [2.24, 2.45) is 5.73 Å². The van der Waals surface area contributed by atoms with Crippen molar-refractivity contribution in [2.45, 2.75) is 43.2 Å². The fourth-order valence-corrected chi connectivity index (χ4v) is 4.58. The molecule has 1 aliphatic heterocycles. The van der Waals surface area contributed by atoms with Crippen LogP contribution in [0.1, 0.15) is 26.2 Å². The zero-order valence-corrected chi connectivity index (χ0v) is 15.0. The molecular formula is C15H26ClN3O2S. The highest BCUT2D eigenvalue weighted by molar-refractivity contribution is 7.89. The van der Waals surface area contributed by atoms with Crippen LogP contribution in [0.15, 0.2) is 29.2 Å². The summed E-state index contributed by atoms with van der Waals surface area (Å²) in [5.74, 6) is 0.